The number of hydrogen-bond donors (Lipinski definition) is 0. The zero-order valence-electron chi connectivity index (χ0n) is 13.7. The summed E-state index contributed by atoms with van der Waals surface area (Å²) in [4.78, 5) is 24.6. The van der Waals surface area contributed by atoms with Crippen molar-refractivity contribution < 1.29 is 18.8 Å². The molecule has 0 bridgehead atoms. The first-order chi connectivity index (χ1) is 11.9. The van der Waals surface area contributed by atoms with Gasteiger partial charge in [0.2, 0.25) is 0 Å². The third kappa shape index (κ3) is 4.24. The number of methoxy groups -OCH3 is 1. The summed E-state index contributed by atoms with van der Waals surface area (Å²) in [6, 6.07) is 8.24. The number of hydrogen-bond acceptors (Lipinski definition) is 4. The van der Waals surface area contributed by atoms with Crippen LogP contribution in [0.15, 0.2) is 36.4 Å². The summed E-state index contributed by atoms with van der Waals surface area (Å²) in [5.41, 5.74) is 0.118. The lowest BCUT2D eigenvalue weighted by Crippen LogP contribution is -2.30. The molecule has 2 rings (SSSR count). The van der Waals surface area contributed by atoms with Gasteiger partial charge in [0, 0.05) is 24.2 Å². The second kappa shape index (κ2) is 7.94. The standard InChI is InChI=1S/C17H16ClFN2O4/c1-3-20(10-11-4-7-16(25-2)14(19)8-11)17(22)13-6-5-12(18)9-15(13)21(23)24/h4-9H,3,10H2,1-2H3. The molecule has 0 saturated carbocycles. The first-order valence-electron chi connectivity index (χ1n) is 7.43. The number of nitro groups is 1. The molecule has 0 spiro atoms. The van der Waals surface area contributed by atoms with E-state index < -0.39 is 16.6 Å². The fraction of sp³-hybridized carbons (Fsp3) is 0.235. The van der Waals surface area contributed by atoms with Crippen molar-refractivity contribution in [1.82, 2.24) is 4.90 Å². The van der Waals surface area contributed by atoms with E-state index in [9.17, 15) is 19.3 Å². The number of rotatable bonds is 6. The summed E-state index contributed by atoms with van der Waals surface area (Å²) >= 11 is 5.77. The van der Waals surface area contributed by atoms with Gasteiger partial charge in [-0.2, -0.15) is 0 Å². The summed E-state index contributed by atoms with van der Waals surface area (Å²) in [7, 11) is 1.36. The molecule has 0 aliphatic heterocycles. The third-order valence-corrected chi connectivity index (χ3v) is 3.88. The predicted octanol–water partition coefficient (Wildman–Crippen LogP) is 4.06. The Morgan fingerprint density at radius 1 is 1.32 bits per heavy atom. The highest BCUT2D eigenvalue weighted by Gasteiger charge is 2.24. The molecule has 0 saturated heterocycles. The largest absolute Gasteiger partial charge is 0.494 e. The quantitative estimate of drug-likeness (QED) is 0.571. The summed E-state index contributed by atoms with van der Waals surface area (Å²) < 4.78 is 18.7. The molecule has 0 aliphatic carbocycles. The first kappa shape index (κ1) is 18.7. The molecule has 0 atom stereocenters. The van der Waals surface area contributed by atoms with Gasteiger partial charge >= 0.3 is 0 Å². The van der Waals surface area contributed by atoms with Gasteiger partial charge in [-0.25, -0.2) is 4.39 Å². The lowest BCUT2D eigenvalue weighted by Gasteiger charge is -2.21. The first-order valence-corrected chi connectivity index (χ1v) is 7.80. The molecular weight excluding hydrogens is 351 g/mol. The van der Waals surface area contributed by atoms with Gasteiger partial charge in [-0.3, -0.25) is 14.9 Å². The van der Waals surface area contributed by atoms with Crippen molar-refractivity contribution in [2.45, 2.75) is 13.5 Å². The van der Waals surface area contributed by atoms with Crippen LogP contribution in [0.25, 0.3) is 0 Å². The minimum atomic E-state index is -0.653. The second-order valence-corrected chi connectivity index (χ2v) is 5.64. The summed E-state index contributed by atoms with van der Waals surface area (Å²) in [5.74, 6) is -0.963. The van der Waals surface area contributed by atoms with Crippen molar-refractivity contribution in [2.75, 3.05) is 13.7 Å². The Kier molecular flexibility index (Phi) is 5.93. The molecule has 1 amide bonds. The van der Waals surface area contributed by atoms with Gasteiger partial charge in [0.15, 0.2) is 11.6 Å². The van der Waals surface area contributed by atoms with Crippen LogP contribution in [-0.2, 0) is 6.54 Å². The lowest BCUT2D eigenvalue weighted by atomic mass is 10.1. The molecule has 0 aliphatic rings. The van der Waals surface area contributed by atoms with E-state index in [-0.39, 0.29) is 28.6 Å². The van der Waals surface area contributed by atoms with E-state index in [0.717, 1.165) is 6.07 Å². The molecule has 2 aromatic carbocycles. The smallest absolute Gasteiger partial charge is 0.283 e. The highest BCUT2D eigenvalue weighted by molar-refractivity contribution is 6.31. The molecular formula is C17H16ClFN2O4. The van der Waals surface area contributed by atoms with Crippen molar-refractivity contribution in [2.24, 2.45) is 0 Å². The average molecular weight is 367 g/mol. The Hall–Kier alpha value is -2.67. The summed E-state index contributed by atoms with van der Waals surface area (Å²) in [5, 5.41) is 11.3. The third-order valence-electron chi connectivity index (χ3n) is 3.65. The fourth-order valence-electron chi connectivity index (χ4n) is 2.36. The number of carbonyl (C=O) groups excluding carboxylic acids is 1. The van der Waals surface area contributed by atoms with Crippen molar-refractivity contribution in [3.63, 3.8) is 0 Å². The van der Waals surface area contributed by atoms with E-state index >= 15 is 0 Å². The molecule has 0 aromatic heterocycles. The second-order valence-electron chi connectivity index (χ2n) is 5.21. The maximum atomic E-state index is 13.8. The Bertz CT molecular complexity index is 813. The normalized spacial score (nSPS) is 10.4. The van der Waals surface area contributed by atoms with E-state index in [1.807, 2.05) is 0 Å². The predicted molar refractivity (Wildman–Crippen MR) is 91.5 cm³/mol. The van der Waals surface area contributed by atoms with Crippen molar-refractivity contribution in [3.05, 3.63) is 68.5 Å². The van der Waals surface area contributed by atoms with Crippen molar-refractivity contribution in [3.8, 4) is 5.75 Å². The van der Waals surface area contributed by atoms with Crippen LogP contribution in [0.4, 0.5) is 10.1 Å². The number of nitrogens with zero attached hydrogens (tertiary/aromatic N) is 2. The molecule has 0 heterocycles. The molecule has 0 radical (unpaired) electrons. The van der Waals surface area contributed by atoms with Crippen molar-refractivity contribution >= 4 is 23.2 Å². The van der Waals surface area contributed by atoms with Crippen molar-refractivity contribution in [1.29, 1.82) is 0 Å². The molecule has 0 unspecified atom stereocenters. The summed E-state index contributed by atoms with van der Waals surface area (Å²) in [6.07, 6.45) is 0. The van der Waals surface area contributed by atoms with E-state index in [2.05, 4.69) is 0 Å². The number of ether oxygens (including phenoxy) is 1. The van der Waals surface area contributed by atoms with E-state index in [1.165, 1.54) is 36.3 Å². The SMILES string of the molecule is CCN(Cc1ccc(OC)c(F)c1)C(=O)c1ccc(Cl)cc1[N+](=O)[O-]. The Morgan fingerprint density at radius 3 is 2.60 bits per heavy atom. The van der Waals surface area contributed by atoms with Crippen LogP contribution in [0.2, 0.25) is 5.02 Å². The van der Waals surface area contributed by atoms with Crippen LogP contribution < -0.4 is 4.74 Å². The molecule has 132 valence electrons. The number of nitro benzene ring substituents is 1. The Labute approximate surface area is 148 Å². The van der Waals surface area contributed by atoms with Gasteiger partial charge in [0.1, 0.15) is 5.56 Å². The Morgan fingerprint density at radius 2 is 2.04 bits per heavy atom. The van der Waals surface area contributed by atoms with Crippen LogP contribution in [0.5, 0.6) is 5.75 Å². The zero-order valence-corrected chi connectivity index (χ0v) is 14.4. The highest BCUT2D eigenvalue weighted by Crippen LogP contribution is 2.25. The number of benzene rings is 2. The zero-order chi connectivity index (χ0) is 18.6. The average Bonchev–Trinajstić information content (AvgIpc) is 2.59. The van der Waals surface area contributed by atoms with Crippen LogP contribution in [0, 0.1) is 15.9 Å². The van der Waals surface area contributed by atoms with Crippen LogP contribution in [0.3, 0.4) is 0 Å². The molecule has 25 heavy (non-hydrogen) atoms. The minimum Gasteiger partial charge on any atom is -0.494 e. The van der Waals surface area contributed by atoms with Crippen LogP contribution in [0.1, 0.15) is 22.8 Å². The highest BCUT2D eigenvalue weighted by atomic mass is 35.5. The maximum Gasteiger partial charge on any atom is 0.283 e. The molecule has 8 heteroatoms. The summed E-state index contributed by atoms with van der Waals surface area (Å²) in [6.45, 7) is 2.14. The number of amides is 1. The molecule has 0 N–H and O–H groups in total. The van der Waals surface area contributed by atoms with E-state index in [4.69, 9.17) is 16.3 Å². The number of carbonyl (C=O) groups is 1. The van der Waals surface area contributed by atoms with Crippen LogP contribution >= 0.6 is 11.6 Å². The fourth-order valence-corrected chi connectivity index (χ4v) is 2.53. The van der Waals surface area contributed by atoms with E-state index in [1.54, 1.807) is 13.0 Å². The monoisotopic (exact) mass is 366 g/mol. The lowest BCUT2D eigenvalue weighted by molar-refractivity contribution is -0.385. The molecule has 0 fully saturated rings. The Balaban J connectivity index is 2.30. The molecule has 2 aromatic rings. The van der Waals surface area contributed by atoms with Gasteiger partial charge < -0.3 is 9.64 Å². The van der Waals surface area contributed by atoms with Gasteiger partial charge in [0.05, 0.1) is 12.0 Å². The van der Waals surface area contributed by atoms with Crippen LogP contribution in [-0.4, -0.2) is 29.4 Å². The van der Waals surface area contributed by atoms with Gasteiger partial charge in [-0.05, 0) is 36.8 Å². The van der Waals surface area contributed by atoms with Gasteiger partial charge in [-0.15, -0.1) is 0 Å². The van der Waals surface area contributed by atoms with E-state index in [0.29, 0.717) is 12.1 Å². The number of halogens is 2. The minimum absolute atomic E-state index is 0.0646. The van der Waals surface area contributed by atoms with Gasteiger partial charge in [-0.1, -0.05) is 17.7 Å². The molecule has 6 nitrogen and oxygen atoms in total. The maximum absolute atomic E-state index is 13.8. The van der Waals surface area contributed by atoms with Gasteiger partial charge in [0.25, 0.3) is 11.6 Å². The topological polar surface area (TPSA) is 72.7 Å².